The summed E-state index contributed by atoms with van der Waals surface area (Å²) < 4.78 is 0. The van der Waals surface area contributed by atoms with Crippen LogP contribution in [0.4, 0.5) is 17.1 Å². The molecule has 1 aliphatic rings. The van der Waals surface area contributed by atoms with E-state index >= 15 is 0 Å². The molecule has 0 saturated heterocycles. The van der Waals surface area contributed by atoms with Crippen LogP contribution >= 0.6 is 0 Å². The SMILES string of the molecule is CC1(C)c2ccccc2-c2ccc(N(c3ccc(-c4ccc(-c5cccc(-c6ccc7ccccc7c6)c5)cc4)cc3)c3cccc(-c4ccccc4-c4ccccc4)c3)cc21. The number of benzene rings is 10. The second kappa shape index (κ2) is 15.4. The molecule has 0 bridgehead atoms. The highest BCUT2D eigenvalue weighted by atomic mass is 15.1. The number of fused-ring (bicyclic) bond motifs is 4. The van der Waals surface area contributed by atoms with Crippen LogP contribution in [0.1, 0.15) is 25.0 Å². The lowest BCUT2D eigenvalue weighted by Crippen LogP contribution is -2.16. The average Bonchev–Trinajstić information content (AvgIpc) is 3.57. The van der Waals surface area contributed by atoms with Crippen LogP contribution in [0.2, 0.25) is 0 Å². The van der Waals surface area contributed by atoms with Crippen LogP contribution in [0, 0.1) is 0 Å². The van der Waals surface area contributed by atoms with E-state index in [-0.39, 0.29) is 5.41 Å². The first-order chi connectivity index (χ1) is 30.5. The minimum atomic E-state index is -0.113. The molecule has 0 radical (unpaired) electrons. The molecule has 1 heteroatoms. The Morgan fingerprint density at radius 3 is 1.50 bits per heavy atom. The van der Waals surface area contributed by atoms with Gasteiger partial charge in [0.15, 0.2) is 0 Å². The molecule has 1 aliphatic carbocycles. The van der Waals surface area contributed by atoms with E-state index < -0.39 is 0 Å². The maximum absolute atomic E-state index is 2.42. The zero-order chi connectivity index (χ0) is 41.6. The fraction of sp³-hybridized carbons (Fsp3) is 0.0492. The predicted molar refractivity (Wildman–Crippen MR) is 263 cm³/mol. The fourth-order valence-electron chi connectivity index (χ4n) is 9.60. The molecule has 11 rings (SSSR count). The minimum absolute atomic E-state index is 0.113. The van der Waals surface area contributed by atoms with Crippen molar-refractivity contribution in [1.82, 2.24) is 0 Å². The van der Waals surface area contributed by atoms with E-state index in [1.54, 1.807) is 0 Å². The molecule has 0 saturated carbocycles. The Kier molecular flexibility index (Phi) is 9.24. The van der Waals surface area contributed by atoms with E-state index in [0.717, 1.165) is 17.1 Å². The van der Waals surface area contributed by atoms with Crippen LogP contribution in [0.5, 0.6) is 0 Å². The molecule has 10 aromatic carbocycles. The van der Waals surface area contributed by atoms with E-state index in [9.17, 15) is 0 Å². The third-order valence-electron chi connectivity index (χ3n) is 12.9. The lowest BCUT2D eigenvalue weighted by atomic mass is 9.82. The van der Waals surface area contributed by atoms with Crippen molar-refractivity contribution in [3.05, 3.63) is 248 Å². The molecule has 62 heavy (non-hydrogen) atoms. The quantitative estimate of drug-likeness (QED) is 0.148. The van der Waals surface area contributed by atoms with E-state index in [2.05, 4.69) is 255 Å². The van der Waals surface area contributed by atoms with Gasteiger partial charge in [-0.05, 0) is 137 Å². The lowest BCUT2D eigenvalue weighted by Gasteiger charge is -2.28. The maximum atomic E-state index is 2.42. The summed E-state index contributed by atoms with van der Waals surface area (Å²) in [5.74, 6) is 0. The summed E-state index contributed by atoms with van der Waals surface area (Å²) in [6.45, 7) is 4.71. The Balaban J connectivity index is 0.947. The van der Waals surface area contributed by atoms with Crippen LogP contribution < -0.4 is 4.90 Å². The normalized spacial score (nSPS) is 12.5. The van der Waals surface area contributed by atoms with Gasteiger partial charge >= 0.3 is 0 Å². The highest BCUT2D eigenvalue weighted by Crippen LogP contribution is 2.51. The van der Waals surface area contributed by atoms with Crippen molar-refractivity contribution < 1.29 is 0 Å². The molecule has 10 aromatic rings. The van der Waals surface area contributed by atoms with Crippen LogP contribution in [0.3, 0.4) is 0 Å². The molecule has 0 aliphatic heterocycles. The van der Waals surface area contributed by atoms with E-state index in [4.69, 9.17) is 0 Å². The Morgan fingerprint density at radius 2 is 0.742 bits per heavy atom. The molecular weight excluding hydrogens is 747 g/mol. The van der Waals surface area contributed by atoms with E-state index in [0.29, 0.717) is 0 Å². The van der Waals surface area contributed by atoms with E-state index in [1.165, 1.54) is 88.7 Å². The van der Waals surface area contributed by atoms with Gasteiger partial charge in [-0.2, -0.15) is 0 Å². The molecule has 0 heterocycles. The molecular formula is C61H45N. The van der Waals surface area contributed by atoms with Crippen molar-refractivity contribution in [3.63, 3.8) is 0 Å². The second-order valence-corrected chi connectivity index (χ2v) is 17.0. The molecule has 0 fully saturated rings. The first kappa shape index (κ1) is 37.3. The van der Waals surface area contributed by atoms with Crippen LogP contribution in [0.15, 0.2) is 237 Å². The summed E-state index contributed by atoms with van der Waals surface area (Å²) in [5, 5.41) is 2.52. The van der Waals surface area contributed by atoms with Crippen LogP contribution in [-0.4, -0.2) is 0 Å². The number of rotatable bonds is 8. The third kappa shape index (κ3) is 6.69. The topological polar surface area (TPSA) is 3.24 Å². The molecule has 0 spiro atoms. The number of hydrogen-bond donors (Lipinski definition) is 0. The van der Waals surface area contributed by atoms with Gasteiger partial charge in [0.25, 0.3) is 0 Å². The van der Waals surface area contributed by atoms with Gasteiger partial charge in [-0.1, -0.05) is 202 Å². The molecule has 0 amide bonds. The molecule has 0 N–H and O–H groups in total. The molecule has 0 unspecified atom stereocenters. The zero-order valence-corrected chi connectivity index (χ0v) is 35.0. The average molecular weight is 792 g/mol. The van der Waals surface area contributed by atoms with Gasteiger partial charge in [-0.3, -0.25) is 0 Å². The maximum Gasteiger partial charge on any atom is 0.0467 e. The number of nitrogens with zero attached hydrogens (tertiary/aromatic N) is 1. The smallest absolute Gasteiger partial charge is 0.0467 e. The van der Waals surface area contributed by atoms with Crippen LogP contribution in [0.25, 0.3) is 77.5 Å². The summed E-state index contributed by atoms with van der Waals surface area (Å²) in [6.07, 6.45) is 0. The Morgan fingerprint density at radius 1 is 0.258 bits per heavy atom. The first-order valence-electron chi connectivity index (χ1n) is 21.6. The highest BCUT2D eigenvalue weighted by Gasteiger charge is 2.35. The summed E-state index contributed by atoms with van der Waals surface area (Å²) in [4.78, 5) is 2.42. The molecule has 0 atom stereocenters. The third-order valence-corrected chi connectivity index (χ3v) is 12.9. The monoisotopic (exact) mass is 791 g/mol. The highest BCUT2D eigenvalue weighted by molar-refractivity contribution is 5.90. The summed E-state index contributed by atoms with van der Waals surface area (Å²) >= 11 is 0. The molecule has 294 valence electrons. The summed E-state index contributed by atoms with van der Waals surface area (Å²) in [7, 11) is 0. The van der Waals surface area contributed by atoms with Gasteiger partial charge in [-0.15, -0.1) is 0 Å². The number of anilines is 3. The van der Waals surface area contributed by atoms with Gasteiger partial charge in [0.2, 0.25) is 0 Å². The van der Waals surface area contributed by atoms with Crippen molar-refractivity contribution in [3.8, 4) is 66.8 Å². The van der Waals surface area contributed by atoms with Crippen molar-refractivity contribution in [2.24, 2.45) is 0 Å². The standard InChI is InChI=1S/C61H45N/c1-61(2)59-25-11-10-24-57(59)58-37-36-54(41-60(58)61)62(53-21-13-20-51(40-53)56-23-9-8-22-55(56)46-15-4-3-5-16-46)52-34-32-44(33-35-52)43-26-28-45(29-27-43)48-18-12-19-49(38-48)50-31-30-42-14-6-7-17-47(42)39-50/h3-41H,1-2H3. The van der Waals surface area contributed by atoms with Gasteiger partial charge in [0, 0.05) is 22.5 Å². The Bertz CT molecular complexity index is 3250. The van der Waals surface area contributed by atoms with Gasteiger partial charge in [0.05, 0.1) is 0 Å². The predicted octanol–water partition coefficient (Wildman–Crippen LogP) is 17.0. The summed E-state index contributed by atoms with van der Waals surface area (Å²) in [6, 6.07) is 86.6. The van der Waals surface area contributed by atoms with Crippen molar-refractivity contribution in [2.75, 3.05) is 4.90 Å². The minimum Gasteiger partial charge on any atom is -0.310 e. The fourth-order valence-corrected chi connectivity index (χ4v) is 9.60. The largest absolute Gasteiger partial charge is 0.310 e. The van der Waals surface area contributed by atoms with E-state index in [1.807, 2.05) is 0 Å². The van der Waals surface area contributed by atoms with Gasteiger partial charge in [0.1, 0.15) is 0 Å². The lowest BCUT2D eigenvalue weighted by molar-refractivity contribution is 0.660. The second-order valence-electron chi connectivity index (χ2n) is 17.0. The Hall–Kier alpha value is -7.74. The zero-order valence-electron chi connectivity index (χ0n) is 35.0. The Labute approximate surface area is 364 Å². The molecule has 0 aromatic heterocycles. The molecule has 1 nitrogen and oxygen atoms in total. The van der Waals surface area contributed by atoms with Crippen LogP contribution in [-0.2, 0) is 5.41 Å². The number of hydrogen-bond acceptors (Lipinski definition) is 1. The van der Waals surface area contributed by atoms with Crippen molar-refractivity contribution >= 4 is 27.8 Å². The first-order valence-corrected chi connectivity index (χ1v) is 21.6. The van der Waals surface area contributed by atoms with Crippen molar-refractivity contribution in [1.29, 1.82) is 0 Å². The van der Waals surface area contributed by atoms with Gasteiger partial charge < -0.3 is 4.90 Å². The van der Waals surface area contributed by atoms with Gasteiger partial charge in [-0.25, -0.2) is 0 Å². The summed E-state index contributed by atoms with van der Waals surface area (Å²) in [5.41, 5.74) is 20.7. The van der Waals surface area contributed by atoms with Crippen molar-refractivity contribution in [2.45, 2.75) is 19.3 Å².